The SMILES string of the molecule is COCc1c(C)oc2c(C)c3oc(=O)cc(C)c3cc12. The van der Waals surface area contributed by atoms with Crippen molar-refractivity contribution < 1.29 is 13.6 Å². The smallest absolute Gasteiger partial charge is 0.336 e. The molecule has 2 heterocycles. The highest BCUT2D eigenvalue weighted by atomic mass is 16.5. The van der Waals surface area contributed by atoms with Crippen molar-refractivity contribution >= 4 is 21.9 Å². The molecule has 1 aromatic carbocycles. The lowest BCUT2D eigenvalue weighted by molar-refractivity contribution is 0.184. The van der Waals surface area contributed by atoms with Gasteiger partial charge >= 0.3 is 5.63 Å². The Balaban J connectivity index is 2.51. The van der Waals surface area contributed by atoms with E-state index in [1.54, 1.807) is 7.11 Å². The first kappa shape index (κ1) is 12.9. The lowest BCUT2D eigenvalue weighted by atomic mass is 10.0. The number of methoxy groups -OCH3 is 1. The van der Waals surface area contributed by atoms with Gasteiger partial charge in [-0.05, 0) is 32.4 Å². The van der Waals surface area contributed by atoms with Crippen LogP contribution in [0.2, 0.25) is 0 Å². The standard InChI is InChI=1S/C16H16O4/c1-8-5-14(17)20-15-9(2)16-12(6-11(8)15)13(7-18-4)10(3)19-16/h5-6H,7H2,1-4H3. The van der Waals surface area contributed by atoms with Crippen LogP contribution in [0.4, 0.5) is 0 Å². The Morgan fingerprint density at radius 3 is 2.45 bits per heavy atom. The Hall–Kier alpha value is -2.07. The highest BCUT2D eigenvalue weighted by molar-refractivity contribution is 5.99. The molecular formula is C16H16O4. The lowest BCUT2D eigenvalue weighted by Crippen LogP contribution is -1.99. The van der Waals surface area contributed by atoms with Crippen molar-refractivity contribution in [2.24, 2.45) is 0 Å². The Morgan fingerprint density at radius 1 is 1.05 bits per heavy atom. The van der Waals surface area contributed by atoms with Gasteiger partial charge in [0.1, 0.15) is 16.9 Å². The van der Waals surface area contributed by atoms with Crippen LogP contribution in [0.25, 0.3) is 21.9 Å². The van der Waals surface area contributed by atoms with Crippen molar-refractivity contribution in [3.63, 3.8) is 0 Å². The fraction of sp³-hybridized carbons (Fsp3) is 0.312. The molecule has 104 valence electrons. The molecule has 0 unspecified atom stereocenters. The van der Waals surface area contributed by atoms with E-state index in [2.05, 4.69) is 0 Å². The fourth-order valence-corrected chi connectivity index (χ4v) is 2.68. The maximum absolute atomic E-state index is 11.5. The molecule has 20 heavy (non-hydrogen) atoms. The Kier molecular flexibility index (Phi) is 2.91. The maximum Gasteiger partial charge on any atom is 0.336 e. The van der Waals surface area contributed by atoms with Crippen LogP contribution in [0.15, 0.2) is 25.8 Å². The van der Waals surface area contributed by atoms with Gasteiger partial charge in [0, 0.05) is 35.1 Å². The highest BCUT2D eigenvalue weighted by Gasteiger charge is 2.17. The second kappa shape index (κ2) is 4.49. The van der Waals surface area contributed by atoms with Gasteiger partial charge < -0.3 is 13.6 Å². The molecule has 4 nitrogen and oxygen atoms in total. The van der Waals surface area contributed by atoms with Crippen molar-refractivity contribution in [2.75, 3.05) is 7.11 Å². The molecule has 0 N–H and O–H groups in total. The van der Waals surface area contributed by atoms with Gasteiger partial charge in [-0.2, -0.15) is 0 Å². The van der Waals surface area contributed by atoms with Crippen molar-refractivity contribution in [2.45, 2.75) is 27.4 Å². The minimum absolute atomic E-state index is 0.335. The zero-order valence-electron chi connectivity index (χ0n) is 12.0. The molecule has 0 aliphatic heterocycles. The van der Waals surface area contributed by atoms with Crippen molar-refractivity contribution in [1.29, 1.82) is 0 Å². The predicted octanol–water partition coefficient (Wildman–Crippen LogP) is 3.61. The van der Waals surface area contributed by atoms with Crippen LogP contribution < -0.4 is 5.63 Å². The summed E-state index contributed by atoms with van der Waals surface area (Å²) in [7, 11) is 1.66. The minimum atomic E-state index is -0.335. The molecule has 0 saturated heterocycles. The lowest BCUT2D eigenvalue weighted by Gasteiger charge is -2.05. The zero-order chi connectivity index (χ0) is 14.4. The quantitative estimate of drug-likeness (QED) is 0.669. The molecule has 0 bridgehead atoms. The van der Waals surface area contributed by atoms with Gasteiger partial charge in [0.25, 0.3) is 0 Å². The topological polar surface area (TPSA) is 52.6 Å². The summed E-state index contributed by atoms with van der Waals surface area (Å²) < 4.78 is 16.4. The molecular weight excluding hydrogens is 256 g/mol. The van der Waals surface area contributed by atoms with Crippen LogP contribution in [0.5, 0.6) is 0 Å². The van der Waals surface area contributed by atoms with Gasteiger partial charge in [-0.1, -0.05) is 0 Å². The highest BCUT2D eigenvalue weighted by Crippen LogP contribution is 2.34. The molecule has 3 aromatic rings. The number of hydrogen-bond acceptors (Lipinski definition) is 4. The van der Waals surface area contributed by atoms with E-state index in [1.165, 1.54) is 6.07 Å². The van der Waals surface area contributed by atoms with Gasteiger partial charge in [-0.15, -0.1) is 0 Å². The first-order valence-electron chi connectivity index (χ1n) is 6.48. The third kappa shape index (κ3) is 1.76. The molecule has 0 spiro atoms. The van der Waals surface area contributed by atoms with E-state index < -0.39 is 0 Å². The largest absolute Gasteiger partial charge is 0.461 e. The molecule has 0 radical (unpaired) electrons. The summed E-state index contributed by atoms with van der Waals surface area (Å²) in [6, 6.07) is 3.53. The van der Waals surface area contributed by atoms with E-state index in [1.807, 2.05) is 26.8 Å². The fourth-order valence-electron chi connectivity index (χ4n) is 2.68. The molecule has 0 amide bonds. The van der Waals surface area contributed by atoms with Crippen LogP contribution in [0.3, 0.4) is 0 Å². The Labute approximate surface area is 115 Å². The number of ether oxygens (including phenoxy) is 1. The van der Waals surface area contributed by atoms with E-state index >= 15 is 0 Å². The summed E-state index contributed by atoms with van der Waals surface area (Å²) in [5.41, 5.74) is 3.82. The first-order valence-corrected chi connectivity index (χ1v) is 6.48. The number of hydrogen-bond donors (Lipinski definition) is 0. The Morgan fingerprint density at radius 2 is 1.75 bits per heavy atom. The molecule has 2 aromatic heterocycles. The monoisotopic (exact) mass is 272 g/mol. The van der Waals surface area contributed by atoms with Crippen LogP contribution in [-0.2, 0) is 11.3 Å². The molecule has 0 saturated carbocycles. The Bertz CT molecular complexity index is 868. The van der Waals surface area contributed by atoms with Gasteiger partial charge in [-0.3, -0.25) is 0 Å². The van der Waals surface area contributed by atoms with E-state index in [4.69, 9.17) is 13.6 Å². The summed E-state index contributed by atoms with van der Waals surface area (Å²) in [5.74, 6) is 0.834. The number of fused-ring (bicyclic) bond motifs is 2. The summed E-state index contributed by atoms with van der Waals surface area (Å²) in [5, 5.41) is 1.96. The molecule has 0 atom stereocenters. The summed E-state index contributed by atoms with van der Waals surface area (Å²) in [4.78, 5) is 11.5. The van der Waals surface area contributed by atoms with E-state index in [0.29, 0.717) is 12.2 Å². The third-order valence-electron chi connectivity index (χ3n) is 3.71. The van der Waals surface area contributed by atoms with Crippen LogP contribution in [-0.4, -0.2) is 7.11 Å². The van der Waals surface area contributed by atoms with Crippen molar-refractivity contribution in [3.05, 3.63) is 45.0 Å². The van der Waals surface area contributed by atoms with Gasteiger partial charge in [-0.25, -0.2) is 4.79 Å². The molecule has 0 fully saturated rings. The number of benzene rings is 1. The first-order chi connectivity index (χ1) is 9.52. The average molecular weight is 272 g/mol. The maximum atomic E-state index is 11.5. The molecule has 4 heteroatoms. The second-order valence-corrected chi connectivity index (χ2v) is 5.07. The van der Waals surface area contributed by atoms with Crippen LogP contribution >= 0.6 is 0 Å². The van der Waals surface area contributed by atoms with Crippen molar-refractivity contribution in [3.8, 4) is 0 Å². The number of rotatable bonds is 2. The van der Waals surface area contributed by atoms with E-state index in [9.17, 15) is 4.79 Å². The average Bonchev–Trinajstić information content (AvgIpc) is 2.70. The predicted molar refractivity (Wildman–Crippen MR) is 77.2 cm³/mol. The summed E-state index contributed by atoms with van der Waals surface area (Å²) >= 11 is 0. The van der Waals surface area contributed by atoms with Crippen LogP contribution in [0, 0.1) is 20.8 Å². The second-order valence-electron chi connectivity index (χ2n) is 5.07. The van der Waals surface area contributed by atoms with E-state index in [0.717, 1.165) is 38.8 Å². The van der Waals surface area contributed by atoms with Crippen molar-refractivity contribution in [1.82, 2.24) is 0 Å². The van der Waals surface area contributed by atoms with Gasteiger partial charge in [0.2, 0.25) is 0 Å². The van der Waals surface area contributed by atoms with E-state index in [-0.39, 0.29) is 5.63 Å². The third-order valence-corrected chi connectivity index (χ3v) is 3.71. The normalized spacial score (nSPS) is 11.6. The molecule has 0 aliphatic rings. The van der Waals surface area contributed by atoms with Crippen LogP contribution in [0.1, 0.15) is 22.5 Å². The van der Waals surface area contributed by atoms with Gasteiger partial charge in [0.05, 0.1) is 6.61 Å². The molecule has 0 aliphatic carbocycles. The summed E-state index contributed by atoms with van der Waals surface area (Å²) in [6.45, 7) is 6.24. The zero-order valence-corrected chi connectivity index (χ0v) is 12.0. The summed E-state index contributed by atoms with van der Waals surface area (Å²) in [6.07, 6.45) is 0. The number of aryl methyl sites for hydroxylation is 3. The molecule has 3 rings (SSSR count). The number of furan rings is 1. The van der Waals surface area contributed by atoms with Gasteiger partial charge in [0.15, 0.2) is 0 Å². The minimum Gasteiger partial charge on any atom is -0.461 e.